The molecular weight excluding hydrogens is 443 g/mol. The van der Waals surface area contributed by atoms with Gasteiger partial charge in [0.2, 0.25) is 17.7 Å². The SMILES string of the molecule is O=C(Nc1cccc(C(F)(F)F)c1)C1CCN(C(=O)[C@H]2Sc3ccccc3NC2=O)CC1. The van der Waals surface area contributed by atoms with E-state index in [-0.39, 0.29) is 23.4 Å². The summed E-state index contributed by atoms with van der Waals surface area (Å²) in [6.07, 6.45) is -3.76. The fraction of sp³-hybridized carbons (Fsp3) is 0.318. The number of piperidine rings is 1. The number of amides is 3. The minimum atomic E-state index is -4.49. The molecule has 0 spiro atoms. The summed E-state index contributed by atoms with van der Waals surface area (Å²) >= 11 is 1.20. The highest BCUT2D eigenvalue weighted by atomic mass is 32.2. The van der Waals surface area contributed by atoms with Crippen molar-refractivity contribution in [2.24, 2.45) is 5.92 Å². The fourth-order valence-corrected chi connectivity index (χ4v) is 4.83. The van der Waals surface area contributed by atoms with Crippen LogP contribution in [0.15, 0.2) is 53.4 Å². The number of nitrogens with zero attached hydrogens (tertiary/aromatic N) is 1. The van der Waals surface area contributed by atoms with Gasteiger partial charge in [0.25, 0.3) is 0 Å². The zero-order valence-corrected chi connectivity index (χ0v) is 17.6. The van der Waals surface area contributed by atoms with Crippen molar-refractivity contribution in [3.05, 3.63) is 54.1 Å². The number of carbonyl (C=O) groups is 3. The number of alkyl halides is 3. The van der Waals surface area contributed by atoms with Crippen molar-refractivity contribution < 1.29 is 27.6 Å². The zero-order valence-electron chi connectivity index (χ0n) is 16.8. The molecule has 4 rings (SSSR count). The van der Waals surface area contributed by atoms with Crippen molar-refractivity contribution in [3.8, 4) is 0 Å². The van der Waals surface area contributed by atoms with Gasteiger partial charge in [-0.3, -0.25) is 14.4 Å². The highest BCUT2D eigenvalue weighted by molar-refractivity contribution is 8.01. The highest BCUT2D eigenvalue weighted by Gasteiger charge is 2.38. The quantitative estimate of drug-likeness (QED) is 0.675. The minimum absolute atomic E-state index is 0.0808. The summed E-state index contributed by atoms with van der Waals surface area (Å²) in [6.45, 7) is 0.594. The zero-order chi connectivity index (χ0) is 22.9. The third kappa shape index (κ3) is 4.74. The molecule has 0 aromatic heterocycles. The Morgan fingerprint density at radius 1 is 1.06 bits per heavy atom. The number of nitrogens with one attached hydrogen (secondary N) is 2. The van der Waals surface area contributed by atoms with E-state index >= 15 is 0 Å². The monoisotopic (exact) mass is 463 g/mol. The van der Waals surface area contributed by atoms with E-state index in [4.69, 9.17) is 0 Å². The van der Waals surface area contributed by atoms with Crippen LogP contribution in [0.5, 0.6) is 0 Å². The lowest BCUT2D eigenvalue weighted by Gasteiger charge is -2.34. The molecule has 2 aliphatic rings. The average molecular weight is 463 g/mol. The van der Waals surface area contributed by atoms with E-state index in [0.29, 0.717) is 31.6 Å². The predicted molar refractivity (Wildman–Crippen MR) is 114 cm³/mol. The number of carbonyl (C=O) groups excluding carboxylic acids is 3. The number of anilines is 2. The van der Waals surface area contributed by atoms with Crippen LogP contribution in [0.1, 0.15) is 18.4 Å². The number of likely N-dealkylation sites (tertiary alicyclic amines) is 1. The molecule has 2 N–H and O–H groups in total. The smallest absolute Gasteiger partial charge is 0.341 e. The molecule has 2 aromatic carbocycles. The van der Waals surface area contributed by atoms with E-state index in [0.717, 1.165) is 17.0 Å². The molecule has 1 saturated heterocycles. The van der Waals surface area contributed by atoms with Crippen molar-refractivity contribution >= 4 is 40.9 Å². The second-order valence-electron chi connectivity index (χ2n) is 7.65. The van der Waals surface area contributed by atoms with Crippen molar-refractivity contribution in [3.63, 3.8) is 0 Å². The van der Waals surface area contributed by atoms with Crippen LogP contribution in [0, 0.1) is 5.92 Å². The van der Waals surface area contributed by atoms with Gasteiger partial charge in [0, 0.05) is 29.6 Å². The first-order valence-electron chi connectivity index (χ1n) is 10.1. The molecule has 3 amide bonds. The molecule has 0 radical (unpaired) electrons. The number of benzene rings is 2. The second kappa shape index (κ2) is 8.85. The van der Waals surface area contributed by atoms with E-state index in [1.807, 2.05) is 12.1 Å². The molecule has 2 aromatic rings. The normalized spacial score (nSPS) is 19.2. The molecule has 1 atom stereocenters. The topological polar surface area (TPSA) is 78.5 Å². The maximum atomic E-state index is 12.9. The summed E-state index contributed by atoms with van der Waals surface area (Å²) in [5.41, 5.74) is -0.0747. The lowest BCUT2D eigenvalue weighted by molar-refractivity contribution is -0.137. The highest BCUT2D eigenvalue weighted by Crippen LogP contribution is 2.36. The second-order valence-corrected chi connectivity index (χ2v) is 8.80. The molecule has 0 unspecified atom stereocenters. The predicted octanol–water partition coefficient (Wildman–Crippen LogP) is 4.00. The van der Waals surface area contributed by atoms with Crippen LogP contribution < -0.4 is 10.6 Å². The Bertz CT molecular complexity index is 1050. The number of fused-ring (bicyclic) bond motifs is 1. The number of thioether (sulfide) groups is 1. The third-order valence-corrected chi connectivity index (χ3v) is 6.75. The van der Waals surface area contributed by atoms with Gasteiger partial charge in [-0.25, -0.2) is 0 Å². The third-order valence-electron chi connectivity index (χ3n) is 5.49. The molecule has 2 aliphatic heterocycles. The first kappa shape index (κ1) is 22.2. The molecule has 0 bridgehead atoms. The molecule has 6 nitrogen and oxygen atoms in total. The van der Waals surface area contributed by atoms with E-state index in [2.05, 4.69) is 10.6 Å². The molecule has 1 fully saturated rings. The van der Waals surface area contributed by atoms with Crippen LogP contribution in [-0.4, -0.2) is 41.0 Å². The molecule has 0 saturated carbocycles. The van der Waals surface area contributed by atoms with Gasteiger partial charge in [0.15, 0.2) is 5.25 Å². The van der Waals surface area contributed by atoms with Crippen molar-refractivity contribution in [2.75, 3.05) is 23.7 Å². The van der Waals surface area contributed by atoms with Crippen molar-refractivity contribution in [1.29, 1.82) is 0 Å². The number of para-hydroxylation sites is 1. The lowest BCUT2D eigenvalue weighted by atomic mass is 9.95. The van der Waals surface area contributed by atoms with E-state index in [1.54, 1.807) is 17.0 Å². The summed E-state index contributed by atoms with van der Waals surface area (Å²) in [4.78, 5) is 40.2. The number of hydrogen-bond donors (Lipinski definition) is 2. The van der Waals surface area contributed by atoms with E-state index in [1.165, 1.54) is 23.9 Å². The van der Waals surface area contributed by atoms with Gasteiger partial charge in [0.1, 0.15) is 0 Å². The molecule has 32 heavy (non-hydrogen) atoms. The maximum absolute atomic E-state index is 12.9. The van der Waals surface area contributed by atoms with Crippen LogP contribution in [-0.2, 0) is 20.6 Å². The standard InChI is InChI=1S/C22H20F3N3O3S/c23-22(24,25)14-4-3-5-15(12-14)26-19(29)13-8-10-28(11-9-13)21(31)18-20(30)27-16-6-1-2-7-17(16)32-18/h1-7,12-13,18H,8-11H2,(H,26,29)(H,27,30)/t18-/m0/s1. The Kier molecular flexibility index (Phi) is 6.14. The Morgan fingerprint density at radius 2 is 1.78 bits per heavy atom. The van der Waals surface area contributed by atoms with Crippen LogP contribution in [0.2, 0.25) is 0 Å². The molecule has 168 valence electrons. The fourth-order valence-electron chi connectivity index (χ4n) is 3.76. The number of halogens is 3. The van der Waals surface area contributed by atoms with Crippen LogP contribution in [0.4, 0.5) is 24.5 Å². The molecule has 10 heteroatoms. The summed E-state index contributed by atoms with van der Waals surface area (Å²) in [7, 11) is 0. The average Bonchev–Trinajstić information content (AvgIpc) is 2.78. The number of hydrogen-bond acceptors (Lipinski definition) is 4. The van der Waals surface area contributed by atoms with Gasteiger partial charge in [-0.1, -0.05) is 18.2 Å². The first-order chi connectivity index (χ1) is 15.2. The van der Waals surface area contributed by atoms with Gasteiger partial charge >= 0.3 is 6.18 Å². The lowest BCUT2D eigenvalue weighted by Crippen LogP contribution is -2.48. The van der Waals surface area contributed by atoms with Gasteiger partial charge in [-0.05, 0) is 43.2 Å². The largest absolute Gasteiger partial charge is 0.416 e. The molecule has 2 heterocycles. The summed E-state index contributed by atoms with van der Waals surface area (Å²) in [5, 5.41) is 4.40. The van der Waals surface area contributed by atoms with Gasteiger partial charge in [-0.2, -0.15) is 13.2 Å². The van der Waals surface area contributed by atoms with Crippen LogP contribution in [0.3, 0.4) is 0 Å². The number of rotatable bonds is 3. The first-order valence-corrected chi connectivity index (χ1v) is 10.9. The van der Waals surface area contributed by atoms with Gasteiger partial charge < -0.3 is 15.5 Å². The maximum Gasteiger partial charge on any atom is 0.416 e. The van der Waals surface area contributed by atoms with Crippen LogP contribution in [0.25, 0.3) is 0 Å². The Morgan fingerprint density at radius 3 is 2.50 bits per heavy atom. The van der Waals surface area contributed by atoms with Gasteiger partial charge in [0.05, 0.1) is 11.3 Å². The minimum Gasteiger partial charge on any atom is -0.341 e. The summed E-state index contributed by atoms with van der Waals surface area (Å²) < 4.78 is 38.6. The summed E-state index contributed by atoms with van der Waals surface area (Å²) in [6, 6.07) is 11.7. The Labute approximate surface area is 186 Å². The van der Waals surface area contributed by atoms with Crippen LogP contribution >= 0.6 is 11.8 Å². The van der Waals surface area contributed by atoms with E-state index in [9.17, 15) is 27.6 Å². The van der Waals surface area contributed by atoms with Crippen molar-refractivity contribution in [2.45, 2.75) is 29.2 Å². The molecule has 0 aliphatic carbocycles. The van der Waals surface area contributed by atoms with Crippen molar-refractivity contribution in [1.82, 2.24) is 4.90 Å². The Hall–Kier alpha value is -3.01. The molecular formula is C22H20F3N3O3S. The van der Waals surface area contributed by atoms with E-state index < -0.39 is 22.9 Å². The Balaban J connectivity index is 1.34. The van der Waals surface area contributed by atoms with Gasteiger partial charge in [-0.15, -0.1) is 11.8 Å². The summed E-state index contributed by atoms with van der Waals surface area (Å²) in [5.74, 6) is -1.49.